The number of carbonyl (C=O) groups excluding carboxylic acids is 2. The Hall–Kier alpha value is -1.88. The fraction of sp³-hybridized carbons (Fsp3) is 0.429. The summed E-state index contributed by atoms with van der Waals surface area (Å²) in [6.45, 7) is 7.06. The lowest BCUT2D eigenvalue weighted by atomic mass is 10.1. The number of nitrogens with two attached hydrogens (primary N) is 1. The number of nitrogens with one attached hydrogen (secondary N) is 2. The predicted molar refractivity (Wildman–Crippen MR) is 76.0 cm³/mol. The van der Waals surface area contributed by atoms with Crippen LogP contribution >= 0.6 is 0 Å². The minimum atomic E-state index is -0.491. The minimum Gasteiger partial charge on any atom is -0.366 e. The van der Waals surface area contributed by atoms with Gasteiger partial charge in [-0.25, -0.2) is 0 Å². The average molecular weight is 263 g/mol. The molecule has 4 N–H and O–H groups in total. The van der Waals surface area contributed by atoms with Crippen LogP contribution in [0.5, 0.6) is 0 Å². The summed E-state index contributed by atoms with van der Waals surface area (Å²) in [6.07, 6.45) is 0. The lowest BCUT2D eigenvalue weighted by Crippen LogP contribution is -2.30. The molecule has 1 rings (SSSR count). The van der Waals surface area contributed by atoms with Crippen molar-refractivity contribution in [2.45, 2.75) is 20.8 Å². The van der Waals surface area contributed by atoms with Gasteiger partial charge in [-0.05, 0) is 31.2 Å². The lowest BCUT2D eigenvalue weighted by molar-refractivity contribution is -0.119. The highest BCUT2D eigenvalue weighted by molar-refractivity contribution is 5.98. The van der Waals surface area contributed by atoms with Crippen LogP contribution in [0.2, 0.25) is 0 Å². The number of hydrogen-bond donors (Lipinski definition) is 3. The van der Waals surface area contributed by atoms with Gasteiger partial charge in [-0.15, -0.1) is 0 Å². The molecule has 0 radical (unpaired) electrons. The van der Waals surface area contributed by atoms with Crippen LogP contribution in [-0.4, -0.2) is 24.9 Å². The number of amides is 2. The molecule has 1 atom stereocenters. The van der Waals surface area contributed by atoms with Crippen molar-refractivity contribution in [2.75, 3.05) is 18.4 Å². The van der Waals surface area contributed by atoms with Crippen LogP contribution in [0.3, 0.4) is 0 Å². The molecule has 0 aromatic heterocycles. The average Bonchev–Trinajstić information content (AvgIpc) is 2.37. The van der Waals surface area contributed by atoms with E-state index in [0.717, 1.165) is 6.54 Å². The maximum absolute atomic E-state index is 12.0. The first-order chi connectivity index (χ1) is 8.97. The van der Waals surface area contributed by atoms with Crippen molar-refractivity contribution in [3.05, 3.63) is 29.3 Å². The van der Waals surface area contributed by atoms with E-state index in [1.165, 1.54) is 0 Å². The molecule has 0 saturated carbocycles. The summed E-state index contributed by atoms with van der Waals surface area (Å²) < 4.78 is 0. The molecule has 1 aromatic rings. The molecule has 0 fully saturated rings. The molecule has 0 spiro atoms. The molecular formula is C14H21N3O2. The fourth-order valence-corrected chi connectivity index (χ4v) is 1.75. The van der Waals surface area contributed by atoms with Gasteiger partial charge < -0.3 is 16.4 Å². The minimum absolute atomic E-state index is 0.0781. The largest absolute Gasteiger partial charge is 0.366 e. The highest BCUT2D eigenvalue weighted by Gasteiger charge is 2.15. The standard InChI is InChI=1S/C14H21N3O2/c1-4-16-8-9(2)14(19)17-12-7-5-6-11(10(12)3)13(15)18/h5-7,9,16H,4,8H2,1-3H3,(H2,15,18)(H,17,19). The van der Waals surface area contributed by atoms with Crippen molar-refractivity contribution in [2.24, 2.45) is 11.7 Å². The number of benzene rings is 1. The second-order valence-electron chi connectivity index (χ2n) is 4.54. The van der Waals surface area contributed by atoms with E-state index < -0.39 is 5.91 Å². The van der Waals surface area contributed by atoms with Crippen LogP contribution in [0, 0.1) is 12.8 Å². The van der Waals surface area contributed by atoms with Crippen molar-refractivity contribution in [1.29, 1.82) is 0 Å². The number of carbonyl (C=O) groups is 2. The Kier molecular flexibility index (Phi) is 5.51. The van der Waals surface area contributed by atoms with E-state index in [9.17, 15) is 9.59 Å². The third-order valence-corrected chi connectivity index (χ3v) is 3.01. The third kappa shape index (κ3) is 4.06. The van der Waals surface area contributed by atoms with Crippen LogP contribution < -0.4 is 16.4 Å². The first-order valence-corrected chi connectivity index (χ1v) is 6.38. The van der Waals surface area contributed by atoms with E-state index in [1.54, 1.807) is 25.1 Å². The molecule has 0 heterocycles. The van der Waals surface area contributed by atoms with Gasteiger partial charge in [0, 0.05) is 23.7 Å². The lowest BCUT2D eigenvalue weighted by Gasteiger charge is -2.15. The van der Waals surface area contributed by atoms with Crippen LogP contribution in [0.15, 0.2) is 18.2 Å². The van der Waals surface area contributed by atoms with Gasteiger partial charge in [-0.1, -0.05) is 19.9 Å². The molecule has 1 aromatic carbocycles. The summed E-state index contributed by atoms with van der Waals surface area (Å²) in [7, 11) is 0. The Morgan fingerprint density at radius 2 is 2.05 bits per heavy atom. The van der Waals surface area contributed by atoms with E-state index in [1.807, 2.05) is 13.8 Å². The SMILES string of the molecule is CCNCC(C)C(=O)Nc1cccc(C(N)=O)c1C. The molecule has 0 aliphatic heterocycles. The fourth-order valence-electron chi connectivity index (χ4n) is 1.75. The maximum Gasteiger partial charge on any atom is 0.249 e. The summed E-state index contributed by atoms with van der Waals surface area (Å²) in [4.78, 5) is 23.2. The number of anilines is 1. The molecule has 0 aliphatic rings. The molecule has 0 aliphatic carbocycles. The van der Waals surface area contributed by atoms with Gasteiger partial charge in [0.05, 0.1) is 0 Å². The quantitative estimate of drug-likeness (QED) is 0.722. The summed E-state index contributed by atoms with van der Waals surface area (Å²) in [5, 5.41) is 5.95. The molecule has 2 amide bonds. The molecule has 5 heteroatoms. The first-order valence-electron chi connectivity index (χ1n) is 6.38. The highest BCUT2D eigenvalue weighted by atomic mass is 16.2. The zero-order valence-electron chi connectivity index (χ0n) is 11.6. The Morgan fingerprint density at radius 3 is 2.63 bits per heavy atom. The normalized spacial score (nSPS) is 11.9. The molecular weight excluding hydrogens is 242 g/mol. The van der Waals surface area contributed by atoms with E-state index in [-0.39, 0.29) is 11.8 Å². The van der Waals surface area contributed by atoms with Crippen LogP contribution in [0.25, 0.3) is 0 Å². The molecule has 19 heavy (non-hydrogen) atoms. The molecule has 0 saturated heterocycles. The van der Waals surface area contributed by atoms with Crippen molar-refractivity contribution in [3.8, 4) is 0 Å². The number of hydrogen-bond acceptors (Lipinski definition) is 3. The van der Waals surface area contributed by atoms with E-state index in [4.69, 9.17) is 5.73 Å². The number of rotatable bonds is 6. The Morgan fingerprint density at radius 1 is 1.37 bits per heavy atom. The predicted octanol–water partition coefficient (Wildman–Crippen LogP) is 1.28. The van der Waals surface area contributed by atoms with Gasteiger partial charge in [0.2, 0.25) is 11.8 Å². The number of primary amides is 1. The first kappa shape index (κ1) is 15.2. The second kappa shape index (κ2) is 6.89. The van der Waals surface area contributed by atoms with Crippen LogP contribution in [0.4, 0.5) is 5.69 Å². The van der Waals surface area contributed by atoms with Crippen molar-refractivity contribution in [3.63, 3.8) is 0 Å². The zero-order chi connectivity index (χ0) is 14.4. The van der Waals surface area contributed by atoms with Gasteiger partial charge in [0.15, 0.2) is 0 Å². The smallest absolute Gasteiger partial charge is 0.249 e. The highest BCUT2D eigenvalue weighted by Crippen LogP contribution is 2.19. The summed E-state index contributed by atoms with van der Waals surface area (Å²) in [6, 6.07) is 5.12. The monoisotopic (exact) mass is 263 g/mol. The molecule has 0 bridgehead atoms. The second-order valence-corrected chi connectivity index (χ2v) is 4.54. The van der Waals surface area contributed by atoms with Gasteiger partial charge >= 0.3 is 0 Å². The molecule has 5 nitrogen and oxygen atoms in total. The van der Waals surface area contributed by atoms with Gasteiger partial charge in [0.1, 0.15) is 0 Å². The molecule has 104 valence electrons. The van der Waals surface area contributed by atoms with Crippen LogP contribution in [-0.2, 0) is 4.79 Å². The maximum atomic E-state index is 12.0. The van der Waals surface area contributed by atoms with E-state index >= 15 is 0 Å². The van der Waals surface area contributed by atoms with E-state index in [2.05, 4.69) is 10.6 Å². The van der Waals surface area contributed by atoms with Crippen LogP contribution in [0.1, 0.15) is 29.8 Å². The van der Waals surface area contributed by atoms with Crippen molar-refractivity contribution < 1.29 is 9.59 Å². The van der Waals surface area contributed by atoms with Gasteiger partial charge in [-0.3, -0.25) is 9.59 Å². The van der Waals surface area contributed by atoms with Crippen molar-refractivity contribution >= 4 is 17.5 Å². The van der Waals surface area contributed by atoms with E-state index in [0.29, 0.717) is 23.4 Å². The van der Waals surface area contributed by atoms with Gasteiger partial charge in [0.25, 0.3) is 0 Å². The topological polar surface area (TPSA) is 84.2 Å². The molecule has 1 unspecified atom stereocenters. The summed E-state index contributed by atoms with van der Waals surface area (Å²) in [5.74, 6) is -0.712. The summed E-state index contributed by atoms with van der Waals surface area (Å²) in [5.41, 5.74) is 7.03. The van der Waals surface area contributed by atoms with Crippen molar-refractivity contribution in [1.82, 2.24) is 5.32 Å². The Labute approximate surface area is 113 Å². The van der Waals surface area contributed by atoms with Gasteiger partial charge in [-0.2, -0.15) is 0 Å². The Bertz CT molecular complexity index is 472. The summed E-state index contributed by atoms with van der Waals surface area (Å²) >= 11 is 0. The third-order valence-electron chi connectivity index (χ3n) is 3.01. The zero-order valence-corrected chi connectivity index (χ0v) is 11.6. The Balaban J connectivity index is 2.80.